The van der Waals surface area contributed by atoms with E-state index in [2.05, 4.69) is 26.2 Å². The number of piperazine rings is 1. The van der Waals surface area contributed by atoms with Crippen molar-refractivity contribution in [3.05, 3.63) is 26.8 Å². The maximum Gasteiger partial charge on any atom is 0.407 e. The number of rotatable bonds is 0. The van der Waals surface area contributed by atoms with Gasteiger partial charge in [0.1, 0.15) is 6.04 Å². The number of aromatic nitrogens is 1. The Kier molecular flexibility index (Phi) is 3.93. The highest BCUT2D eigenvalue weighted by Crippen LogP contribution is 2.45. The molecule has 2 aromatic rings. The van der Waals surface area contributed by atoms with Gasteiger partial charge in [0.2, 0.25) is 5.91 Å². The van der Waals surface area contributed by atoms with E-state index in [1.807, 2.05) is 4.90 Å². The number of pyridine rings is 1. The number of hydrogen-bond donors (Lipinski definition) is 2. The topological polar surface area (TPSA) is 85.8 Å². The number of halogens is 3. The Morgan fingerprint density at radius 3 is 2.84 bits per heavy atom. The number of benzene rings is 1. The van der Waals surface area contributed by atoms with Crippen LogP contribution in [0.3, 0.4) is 0 Å². The van der Waals surface area contributed by atoms with Crippen molar-refractivity contribution in [3.63, 3.8) is 0 Å². The van der Waals surface area contributed by atoms with Crippen molar-refractivity contribution in [2.45, 2.75) is 6.04 Å². The highest BCUT2D eigenvalue weighted by molar-refractivity contribution is 9.10. The summed E-state index contributed by atoms with van der Waals surface area (Å²) >= 11 is 16.1. The summed E-state index contributed by atoms with van der Waals surface area (Å²) in [5, 5.41) is 13.4. The lowest BCUT2D eigenvalue weighted by atomic mass is 10.0. The molecule has 2 N–H and O–H groups in total. The highest BCUT2D eigenvalue weighted by atomic mass is 79.9. The van der Waals surface area contributed by atoms with Gasteiger partial charge in [0, 0.05) is 22.9 Å². The number of hydrogen-bond acceptors (Lipinski definition) is 4. The van der Waals surface area contributed by atoms with Crippen molar-refractivity contribution >= 4 is 73.4 Å². The van der Waals surface area contributed by atoms with Gasteiger partial charge in [-0.15, -0.1) is 0 Å². The van der Waals surface area contributed by atoms with E-state index in [0.29, 0.717) is 44.2 Å². The summed E-state index contributed by atoms with van der Waals surface area (Å²) in [5.74, 6) is -0.265. The van der Waals surface area contributed by atoms with Crippen molar-refractivity contribution in [2.75, 3.05) is 29.9 Å². The maximum atomic E-state index is 12.4. The second-order valence-corrected chi connectivity index (χ2v) is 7.44. The molecule has 0 unspecified atom stereocenters. The van der Waals surface area contributed by atoms with Gasteiger partial charge in [0.15, 0.2) is 0 Å². The molecule has 1 saturated heterocycles. The minimum absolute atomic E-state index is 0.0896. The first-order chi connectivity index (χ1) is 11.9. The Balaban J connectivity index is 1.92. The summed E-state index contributed by atoms with van der Waals surface area (Å²) in [6.07, 6.45) is 0.536. The van der Waals surface area contributed by atoms with E-state index in [-0.39, 0.29) is 12.5 Å². The van der Waals surface area contributed by atoms with Crippen molar-refractivity contribution in [1.29, 1.82) is 0 Å². The molecule has 10 heteroatoms. The van der Waals surface area contributed by atoms with Crippen LogP contribution in [0.2, 0.25) is 10.0 Å². The normalized spacial score (nSPS) is 19.5. The minimum Gasteiger partial charge on any atom is -0.465 e. The van der Waals surface area contributed by atoms with Crippen molar-refractivity contribution in [2.24, 2.45) is 0 Å². The summed E-state index contributed by atoms with van der Waals surface area (Å²) < 4.78 is 0.631. The fourth-order valence-electron chi connectivity index (χ4n) is 3.29. The zero-order chi connectivity index (χ0) is 17.9. The first kappa shape index (κ1) is 16.7. The van der Waals surface area contributed by atoms with Gasteiger partial charge in [-0.05, 0) is 22.0 Å². The molecule has 3 heterocycles. The Labute approximate surface area is 160 Å². The summed E-state index contributed by atoms with van der Waals surface area (Å²) in [5.41, 5.74) is 1.90. The predicted molar refractivity (Wildman–Crippen MR) is 98.8 cm³/mol. The van der Waals surface area contributed by atoms with E-state index in [1.165, 1.54) is 4.90 Å². The molecule has 1 aromatic carbocycles. The molecule has 7 nitrogen and oxygen atoms in total. The molecule has 2 aliphatic rings. The van der Waals surface area contributed by atoms with Crippen LogP contribution >= 0.6 is 39.1 Å². The molecule has 2 amide bonds. The third-order valence-corrected chi connectivity index (χ3v) is 6.19. The van der Waals surface area contributed by atoms with Crippen LogP contribution in [0.4, 0.5) is 16.2 Å². The predicted octanol–water partition coefficient (Wildman–Crippen LogP) is 3.42. The largest absolute Gasteiger partial charge is 0.465 e. The van der Waals surface area contributed by atoms with Crippen LogP contribution in [0.1, 0.15) is 0 Å². The molecule has 0 bridgehead atoms. The minimum atomic E-state index is -1.04. The van der Waals surface area contributed by atoms with E-state index in [0.717, 1.165) is 5.69 Å². The van der Waals surface area contributed by atoms with E-state index < -0.39 is 12.1 Å². The van der Waals surface area contributed by atoms with Crippen LogP contribution in [0, 0.1) is 0 Å². The van der Waals surface area contributed by atoms with Gasteiger partial charge in [0.25, 0.3) is 0 Å². The Morgan fingerprint density at radius 1 is 1.36 bits per heavy atom. The molecule has 0 aliphatic carbocycles. The first-order valence-corrected chi connectivity index (χ1v) is 8.95. The van der Waals surface area contributed by atoms with Crippen molar-refractivity contribution in [1.82, 2.24) is 9.88 Å². The number of amides is 2. The molecule has 130 valence electrons. The molecule has 0 radical (unpaired) electrons. The van der Waals surface area contributed by atoms with Crippen LogP contribution in [0.5, 0.6) is 0 Å². The van der Waals surface area contributed by atoms with Gasteiger partial charge in [0.05, 0.1) is 39.7 Å². The summed E-state index contributed by atoms with van der Waals surface area (Å²) in [4.78, 5) is 31.2. The van der Waals surface area contributed by atoms with E-state index in [9.17, 15) is 14.7 Å². The second-order valence-electron chi connectivity index (χ2n) is 5.83. The maximum absolute atomic E-state index is 12.4. The summed E-state index contributed by atoms with van der Waals surface area (Å²) in [6.45, 7) is 0.761. The van der Waals surface area contributed by atoms with Gasteiger partial charge in [-0.2, -0.15) is 0 Å². The van der Waals surface area contributed by atoms with Crippen LogP contribution in [0.15, 0.2) is 16.7 Å². The Bertz CT molecular complexity index is 939. The van der Waals surface area contributed by atoms with E-state index >= 15 is 0 Å². The lowest BCUT2D eigenvalue weighted by Crippen LogP contribution is -2.61. The van der Waals surface area contributed by atoms with Gasteiger partial charge in [-0.3, -0.25) is 9.78 Å². The first-order valence-electron chi connectivity index (χ1n) is 7.40. The molecular weight excluding hydrogens is 435 g/mol. The number of nitrogens with zero attached hydrogens (tertiary/aromatic N) is 3. The fourth-order valence-corrected chi connectivity index (χ4v) is 4.26. The summed E-state index contributed by atoms with van der Waals surface area (Å²) in [6, 6.07) is 1.14. The lowest BCUT2D eigenvalue weighted by molar-refractivity contribution is -0.118. The highest BCUT2D eigenvalue weighted by Gasteiger charge is 2.40. The van der Waals surface area contributed by atoms with Crippen LogP contribution in [-0.4, -0.2) is 52.7 Å². The third-order valence-electron chi connectivity index (χ3n) is 4.46. The van der Waals surface area contributed by atoms with Crippen LogP contribution in [-0.2, 0) is 4.79 Å². The standard InChI is InChI=1S/C15H11BrCl2N4O3/c16-6-3-7-10(12(18)11(6)17)13-8(4-19-7)20-14(23)9-5-21(15(24)25)1-2-22(9)13/h3-4,9H,1-2,5H2,(H,20,23)(H,24,25)/t9-/m1/s1. The number of carboxylic acid groups (broad SMARTS) is 1. The third kappa shape index (κ3) is 2.51. The average molecular weight is 446 g/mol. The van der Waals surface area contributed by atoms with Crippen LogP contribution in [0.25, 0.3) is 10.9 Å². The van der Waals surface area contributed by atoms with Gasteiger partial charge < -0.3 is 20.2 Å². The average Bonchev–Trinajstić information content (AvgIpc) is 2.59. The zero-order valence-electron chi connectivity index (χ0n) is 12.6. The molecule has 1 aromatic heterocycles. The molecule has 1 atom stereocenters. The SMILES string of the molecule is O=C1Nc2cnc3cc(Br)c(Cl)c(Cl)c3c2N2CCN(C(=O)O)C[C@H]12. The fraction of sp³-hybridized carbons (Fsp3) is 0.267. The van der Waals surface area contributed by atoms with Gasteiger partial charge in [-0.25, -0.2) is 4.79 Å². The number of carbonyl (C=O) groups is 2. The molecule has 1 fully saturated rings. The number of anilines is 2. The quantitative estimate of drug-likeness (QED) is 0.606. The Morgan fingerprint density at radius 2 is 2.12 bits per heavy atom. The lowest BCUT2D eigenvalue weighted by Gasteiger charge is -2.44. The monoisotopic (exact) mass is 444 g/mol. The zero-order valence-corrected chi connectivity index (χ0v) is 15.7. The second kappa shape index (κ2) is 5.89. The number of carbonyl (C=O) groups excluding carboxylic acids is 1. The van der Waals surface area contributed by atoms with Crippen LogP contribution < -0.4 is 10.2 Å². The molecular formula is C15H11BrCl2N4O3. The molecule has 0 spiro atoms. The van der Waals surface area contributed by atoms with Gasteiger partial charge in [-0.1, -0.05) is 23.2 Å². The molecule has 4 rings (SSSR count). The van der Waals surface area contributed by atoms with Gasteiger partial charge >= 0.3 is 6.09 Å². The smallest absolute Gasteiger partial charge is 0.407 e. The summed E-state index contributed by atoms with van der Waals surface area (Å²) in [7, 11) is 0. The Hall–Kier alpha value is -1.77. The molecule has 2 aliphatic heterocycles. The van der Waals surface area contributed by atoms with Crippen molar-refractivity contribution < 1.29 is 14.7 Å². The number of fused-ring (bicyclic) bond motifs is 5. The molecule has 0 saturated carbocycles. The number of nitrogens with one attached hydrogen (secondary N) is 1. The molecule has 25 heavy (non-hydrogen) atoms. The van der Waals surface area contributed by atoms with E-state index in [4.69, 9.17) is 23.2 Å². The van der Waals surface area contributed by atoms with Crippen molar-refractivity contribution in [3.8, 4) is 0 Å². The van der Waals surface area contributed by atoms with E-state index in [1.54, 1.807) is 12.3 Å².